The van der Waals surface area contributed by atoms with Crippen LogP contribution in [0.15, 0.2) is 0 Å². The Morgan fingerprint density at radius 3 is 2.00 bits per heavy atom. The van der Waals surface area contributed by atoms with Crippen LogP contribution >= 0.6 is 0 Å². The molecule has 13 heavy (non-hydrogen) atoms. The third-order valence-electron chi connectivity index (χ3n) is 3.18. The second-order valence-electron chi connectivity index (χ2n) is 4.58. The number of carboxylic acids is 1. The molecular formula is C9H19NO3. The van der Waals surface area contributed by atoms with E-state index in [4.69, 9.17) is 15.9 Å². The average Bonchev–Trinajstić information content (AvgIpc) is 2.02. The van der Waals surface area contributed by atoms with Crippen LogP contribution in [0.2, 0.25) is 0 Å². The minimum absolute atomic E-state index is 0.0824. The molecule has 0 bridgehead atoms. The Balaban J connectivity index is 4.84. The maximum atomic E-state index is 10.7. The highest BCUT2D eigenvalue weighted by Gasteiger charge is 2.44. The van der Waals surface area contributed by atoms with E-state index in [1.807, 2.05) is 0 Å². The van der Waals surface area contributed by atoms with Crippen LogP contribution in [-0.4, -0.2) is 28.8 Å². The van der Waals surface area contributed by atoms with Gasteiger partial charge in [0.25, 0.3) is 0 Å². The number of carboxylic acid groups (broad SMARTS) is 1. The summed E-state index contributed by atoms with van der Waals surface area (Å²) in [6, 6.07) is -0.963. The minimum atomic E-state index is -1.04. The lowest BCUT2D eigenvalue weighted by atomic mass is 9.64. The Hall–Kier alpha value is -0.610. The zero-order valence-corrected chi connectivity index (χ0v) is 8.66. The van der Waals surface area contributed by atoms with Gasteiger partial charge in [-0.15, -0.1) is 0 Å². The van der Waals surface area contributed by atoms with Crippen LogP contribution in [0.3, 0.4) is 0 Å². The van der Waals surface area contributed by atoms with Crippen LogP contribution in [-0.2, 0) is 4.79 Å². The molecule has 0 fully saturated rings. The molecule has 78 valence electrons. The second-order valence-corrected chi connectivity index (χ2v) is 4.58. The van der Waals surface area contributed by atoms with Crippen molar-refractivity contribution in [3.05, 3.63) is 0 Å². The van der Waals surface area contributed by atoms with Crippen molar-refractivity contribution in [2.75, 3.05) is 6.61 Å². The van der Waals surface area contributed by atoms with Gasteiger partial charge in [-0.25, -0.2) is 0 Å². The molecule has 1 unspecified atom stereocenters. The summed E-state index contributed by atoms with van der Waals surface area (Å²) in [5.41, 5.74) is 4.39. The van der Waals surface area contributed by atoms with Gasteiger partial charge in [-0.3, -0.25) is 4.79 Å². The Morgan fingerprint density at radius 2 is 1.77 bits per heavy atom. The molecule has 0 saturated carbocycles. The van der Waals surface area contributed by atoms with Crippen molar-refractivity contribution in [3.63, 3.8) is 0 Å². The first-order valence-corrected chi connectivity index (χ1v) is 4.26. The molecule has 4 nitrogen and oxygen atoms in total. The monoisotopic (exact) mass is 189 g/mol. The number of aliphatic hydroxyl groups excluding tert-OH is 1. The van der Waals surface area contributed by atoms with E-state index in [9.17, 15) is 4.79 Å². The Labute approximate surface area is 78.7 Å². The molecule has 4 heteroatoms. The van der Waals surface area contributed by atoms with Crippen molar-refractivity contribution in [1.29, 1.82) is 0 Å². The summed E-state index contributed by atoms with van der Waals surface area (Å²) in [5, 5.41) is 17.9. The Morgan fingerprint density at radius 1 is 1.38 bits per heavy atom. The van der Waals surface area contributed by atoms with Gasteiger partial charge in [-0.1, -0.05) is 27.7 Å². The molecular weight excluding hydrogens is 170 g/mol. The van der Waals surface area contributed by atoms with Crippen LogP contribution in [0, 0.1) is 10.8 Å². The highest BCUT2D eigenvalue weighted by molar-refractivity contribution is 5.74. The molecule has 0 radical (unpaired) electrons. The molecule has 0 aromatic carbocycles. The highest BCUT2D eigenvalue weighted by atomic mass is 16.4. The molecule has 0 aliphatic rings. The normalized spacial score (nSPS) is 15.5. The summed E-state index contributed by atoms with van der Waals surface area (Å²) in [5.74, 6) is -1.04. The molecule has 0 saturated heterocycles. The molecule has 0 aromatic rings. The molecule has 0 aromatic heterocycles. The maximum absolute atomic E-state index is 10.7. The molecule has 1 atom stereocenters. The van der Waals surface area contributed by atoms with Crippen LogP contribution < -0.4 is 5.73 Å². The number of hydrogen-bond donors (Lipinski definition) is 3. The summed E-state index contributed by atoms with van der Waals surface area (Å²) in [6.07, 6.45) is 0. The van der Waals surface area contributed by atoms with Crippen LogP contribution in [0.25, 0.3) is 0 Å². The summed E-state index contributed by atoms with van der Waals surface area (Å²) in [7, 11) is 0. The summed E-state index contributed by atoms with van der Waals surface area (Å²) in [6.45, 7) is 7.02. The molecule has 0 aliphatic heterocycles. The summed E-state index contributed by atoms with van der Waals surface area (Å²) >= 11 is 0. The fraction of sp³-hybridized carbons (Fsp3) is 0.889. The van der Waals surface area contributed by atoms with Gasteiger partial charge >= 0.3 is 5.97 Å². The van der Waals surface area contributed by atoms with E-state index in [0.29, 0.717) is 0 Å². The minimum Gasteiger partial charge on any atom is -0.480 e. The van der Waals surface area contributed by atoms with Crippen molar-refractivity contribution in [2.45, 2.75) is 33.7 Å². The van der Waals surface area contributed by atoms with Gasteiger partial charge in [-0.05, 0) is 10.8 Å². The average molecular weight is 189 g/mol. The first-order valence-electron chi connectivity index (χ1n) is 4.26. The first kappa shape index (κ1) is 12.4. The van der Waals surface area contributed by atoms with E-state index >= 15 is 0 Å². The van der Waals surface area contributed by atoms with Crippen LogP contribution in [0.1, 0.15) is 27.7 Å². The topological polar surface area (TPSA) is 83.5 Å². The van der Waals surface area contributed by atoms with Crippen LogP contribution in [0.5, 0.6) is 0 Å². The molecule has 4 N–H and O–H groups in total. The summed E-state index contributed by atoms with van der Waals surface area (Å²) < 4.78 is 0. The number of hydrogen-bond acceptors (Lipinski definition) is 3. The van der Waals surface area contributed by atoms with Crippen molar-refractivity contribution < 1.29 is 15.0 Å². The van der Waals surface area contributed by atoms with Crippen LogP contribution in [0.4, 0.5) is 0 Å². The van der Waals surface area contributed by atoms with Crippen molar-refractivity contribution >= 4 is 5.97 Å². The number of rotatable bonds is 4. The van der Waals surface area contributed by atoms with Gasteiger partial charge in [0, 0.05) is 6.61 Å². The largest absolute Gasteiger partial charge is 0.480 e. The third kappa shape index (κ3) is 2.19. The Bertz CT molecular complexity index is 199. The fourth-order valence-corrected chi connectivity index (χ4v) is 0.933. The predicted molar refractivity (Wildman–Crippen MR) is 50.3 cm³/mol. The van der Waals surface area contributed by atoms with E-state index in [1.54, 1.807) is 27.7 Å². The van der Waals surface area contributed by atoms with E-state index in [1.165, 1.54) is 0 Å². The van der Waals surface area contributed by atoms with E-state index < -0.39 is 22.8 Å². The zero-order chi connectivity index (χ0) is 10.9. The second kappa shape index (κ2) is 3.64. The molecule has 0 amide bonds. The van der Waals surface area contributed by atoms with Gasteiger partial charge in [0.05, 0.1) is 0 Å². The molecule has 0 heterocycles. The summed E-state index contributed by atoms with van der Waals surface area (Å²) in [4.78, 5) is 10.7. The van der Waals surface area contributed by atoms with Gasteiger partial charge in [0.15, 0.2) is 0 Å². The third-order valence-corrected chi connectivity index (χ3v) is 3.18. The van der Waals surface area contributed by atoms with Crippen molar-refractivity contribution in [3.8, 4) is 0 Å². The predicted octanol–water partition coefficient (Wildman–Crippen LogP) is 0.443. The number of aliphatic hydroxyl groups is 1. The number of carbonyl (C=O) groups is 1. The standard InChI is InChI=1S/C9H19NO3/c1-8(2,5-11)9(3,4)6(10)7(12)13/h6,11H,5,10H2,1-4H3,(H,12,13). The smallest absolute Gasteiger partial charge is 0.321 e. The lowest BCUT2D eigenvalue weighted by molar-refractivity contribution is -0.144. The number of nitrogens with two attached hydrogens (primary N) is 1. The fourth-order valence-electron chi connectivity index (χ4n) is 0.933. The SMILES string of the molecule is CC(C)(CO)C(C)(C)C(N)C(=O)O. The molecule has 0 rings (SSSR count). The first-order chi connectivity index (χ1) is 5.66. The number of aliphatic carboxylic acids is 1. The van der Waals surface area contributed by atoms with Gasteiger partial charge in [-0.2, -0.15) is 0 Å². The van der Waals surface area contributed by atoms with Gasteiger partial charge < -0.3 is 15.9 Å². The van der Waals surface area contributed by atoms with E-state index in [0.717, 1.165) is 0 Å². The molecule has 0 aliphatic carbocycles. The maximum Gasteiger partial charge on any atom is 0.321 e. The lowest BCUT2D eigenvalue weighted by Crippen LogP contribution is -2.52. The lowest BCUT2D eigenvalue weighted by Gasteiger charge is -2.42. The van der Waals surface area contributed by atoms with E-state index in [-0.39, 0.29) is 6.61 Å². The quantitative estimate of drug-likeness (QED) is 0.599. The van der Waals surface area contributed by atoms with E-state index in [2.05, 4.69) is 0 Å². The highest BCUT2D eigenvalue weighted by Crippen LogP contribution is 2.40. The van der Waals surface area contributed by atoms with Gasteiger partial charge in [0.1, 0.15) is 6.04 Å². The van der Waals surface area contributed by atoms with Gasteiger partial charge in [0.2, 0.25) is 0 Å². The zero-order valence-electron chi connectivity index (χ0n) is 8.66. The Kier molecular flexibility index (Phi) is 3.47. The van der Waals surface area contributed by atoms with Crippen molar-refractivity contribution in [1.82, 2.24) is 0 Å². The van der Waals surface area contributed by atoms with Crippen molar-refractivity contribution in [2.24, 2.45) is 16.6 Å². The molecule has 0 spiro atoms.